The molecule has 0 radical (unpaired) electrons. The van der Waals surface area contributed by atoms with Crippen molar-refractivity contribution in [1.29, 1.82) is 0 Å². The summed E-state index contributed by atoms with van der Waals surface area (Å²) in [7, 11) is 1.77. The van der Waals surface area contributed by atoms with Crippen LogP contribution in [0.4, 0.5) is 5.69 Å². The minimum atomic E-state index is -0.441. The van der Waals surface area contributed by atoms with Crippen LogP contribution >= 0.6 is 0 Å². The normalized spacial score (nSPS) is 14.2. The Balaban J connectivity index is 2.27. The third-order valence-electron chi connectivity index (χ3n) is 3.62. The average molecular weight is 271 g/mol. The van der Waals surface area contributed by atoms with Crippen molar-refractivity contribution in [2.24, 2.45) is 7.05 Å². The van der Waals surface area contributed by atoms with E-state index in [2.05, 4.69) is 5.10 Å². The van der Waals surface area contributed by atoms with Gasteiger partial charge in [-0.05, 0) is 18.9 Å². The molecule has 0 aliphatic heterocycles. The van der Waals surface area contributed by atoms with Crippen LogP contribution < -0.4 is 0 Å². The van der Waals surface area contributed by atoms with Gasteiger partial charge in [0, 0.05) is 25.2 Å². The van der Waals surface area contributed by atoms with Gasteiger partial charge in [0.15, 0.2) is 5.78 Å². The molecule has 0 saturated carbocycles. The zero-order valence-corrected chi connectivity index (χ0v) is 11.0. The minimum absolute atomic E-state index is 0.0208. The quantitative estimate of drug-likeness (QED) is 0.621. The van der Waals surface area contributed by atoms with Crippen LogP contribution in [-0.2, 0) is 13.5 Å². The molecule has 0 saturated heterocycles. The lowest BCUT2D eigenvalue weighted by Gasteiger charge is -2.11. The van der Waals surface area contributed by atoms with Crippen LogP contribution in [-0.4, -0.2) is 20.5 Å². The maximum atomic E-state index is 12.2. The molecule has 102 valence electrons. The lowest BCUT2D eigenvalue weighted by atomic mass is 9.92. The number of benzene rings is 1. The Hall–Kier alpha value is -2.50. The molecule has 6 nitrogen and oxygen atoms in total. The first-order valence-corrected chi connectivity index (χ1v) is 6.42. The molecule has 0 amide bonds. The number of rotatable bonds is 2. The van der Waals surface area contributed by atoms with Crippen LogP contribution in [0.2, 0.25) is 0 Å². The summed E-state index contributed by atoms with van der Waals surface area (Å²) >= 11 is 0. The SMILES string of the molecule is Cn1nc(-c2ccccc2[N+](=O)[O-])c2c1CCCC2=O. The molecule has 0 fully saturated rings. The van der Waals surface area contributed by atoms with Crippen molar-refractivity contribution in [3.05, 3.63) is 45.6 Å². The van der Waals surface area contributed by atoms with Crippen molar-refractivity contribution in [1.82, 2.24) is 9.78 Å². The highest BCUT2D eigenvalue weighted by atomic mass is 16.6. The Bertz CT molecular complexity index is 718. The van der Waals surface area contributed by atoms with Gasteiger partial charge in [0.25, 0.3) is 5.69 Å². The third kappa shape index (κ3) is 1.80. The van der Waals surface area contributed by atoms with Gasteiger partial charge in [0.2, 0.25) is 0 Å². The van der Waals surface area contributed by atoms with Crippen LogP contribution in [0.15, 0.2) is 24.3 Å². The van der Waals surface area contributed by atoms with E-state index >= 15 is 0 Å². The lowest BCUT2D eigenvalue weighted by molar-refractivity contribution is -0.384. The van der Waals surface area contributed by atoms with Gasteiger partial charge in [0.1, 0.15) is 5.69 Å². The Morgan fingerprint density at radius 3 is 2.80 bits per heavy atom. The van der Waals surface area contributed by atoms with Crippen LogP contribution in [0.1, 0.15) is 28.9 Å². The number of para-hydroxylation sites is 1. The van der Waals surface area contributed by atoms with E-state index in [0.717, 1.165) is 18.5 Å². The van der Waals surface area contributed by atoms with E-state index in [9.17, 15) is 14.9 Å². The van der Waals surface area contributed by atoms with Gasteiger partial charge < -0.3 is 0 Å². The van der Waals surface area contributed by atoms with E-state index in [1.807, 2.05) is 0 Å². The molecule has 1 aliphatic rings. The molecule has 20 heavy (non-hydrogen) atoms. The Morgan fingerprint density at radius 2 is 2.05 bits per heavy atom. The second kappa shape index (κ2) is 4.56. The van der Waals surface area contributed by atoms with Crippen LogP contribution in [0.5, 0.6) is 0 Å². The molecule has 0 spiro atoms. The zero-order valence-electron chi connectivity index (χ0n) is 11.0. The highest BCUT2D eigenvalue weighted by Gasteiger charge is 2.29. The fourth-order valence-electron chi connectivity index (χ4n) is 2.70. The van der Waals surface area contributed by atoms with E-state index in [1.165, 1.54) is 6.07 Å². The number of nitro benzene ring substituents is 1. The number of nitro groups is 1. The van der Waals surface area contributed by atoms with E-state index in [-0.39, 0.29) is 11.5 Å². The van der Waals surface area contributed by atoms with E-state index in [4.69, 9.17) is 0 Å². The Labute approximate surface area is 115 Å². The summed E-state index contributed by atoms with van der Waals surface area (Å²) < 4.78 is 1.67. The molecule has 1 aliphatic carbocycles. The molecule has 1 heterocycles. The van der Waals surface area contributed by atoms with Gasteiger partial charge in [-0.3, -0.25) is 19.6 Å². The Morgan fingerprint density at radius 1 is 1.30 bits per heavy atom. The fraction of sp³-hybridized carbons (Fsp3) is 0.286. The van der Waals surface area contributed by atoms with E-state index in [0.29, 0.717) is 23.2 Å². The molecule has 0 unspecified atom stereocenters. The average Bonchev–Trinajstić information content (AvgIpc) is 2.78. The summed E-state index contributed by atoms with van der Waals surface area (Å²) in [6, 6.07) is 6.40. The molecule has 6 heteroatoms. The van der Waals surface area contributed by atoms with Crippen LogP contribution in [0, 0.1) is 10.1 Å². The number of carbonyl (C=O) groups is 1. The second-order valence-electron chi connectivity index (χ2n) is 4.84. The van der Waals surface area contributed by atoms with Gasteiger partial charge in [0.05, 0.1) is 16.1 Å². The molecule has 1 aromatic carbocycles. The fourth-order valence-corrected chi connectivity index (χ4v) is 2.70. The number of aromatic nitrogens is 2. The highest BCUT2D eigenvalue weighted by molar-refractivity contribution is 6.04. The number of Topliss-reactive ketones (excluding diaryl/α,β-unsaturated/α-hetero) is 1. The number of hydrogen-bond donors (Lipinski definition) is 0. The molecule has 0 N–H and O–H groups in total. The number of aryl methyl sites for hydroxylation is 1. The minimum Gasteiger partial charge on any atom is -0.294 e. The molecule has 0 atom stereocenters. The summed E-state index contributed by atoms with van der Waals surface area (Å²) in [5.74, 6) is 0.0208. The number of fused-ring (bicyclic) bond motifs is 1. The van der Waals surface area contributed by atoms with Gasteiger partial charge in [-0.2, -0.15) is 5.10 Å². The van der Waals surface area contributed by atoms with Crippen molar-refractivity contribution in [2.45, 2.75) is 19.3 Å². The summed E-state index contributed by atoms with van der Waals surface area (Å²) in [6.45, 7) is 0. The monoisotopic (exact) mass is 271 g/mol. The second-order valence-corrected chi connectivity index (χ2v) is 4.84. The molecular formula is C14H13N3O3. The smallest absolute Gasteiger partial charge is 0.278 e. The zero-order chi connectivity index (χ0) is 14.3. The van der Waals surface area contributed by atoms with Crippen molar-refractivity contribution < 1.29 is 9.72 Å². The van der Waals surface area contributed by atoms with Crippen LogP contribution in [0.25, 0.3) is 11.3 Å². The first kappa shape index (κ1) is 12.5. The molecule has 2 aromatic rings. The molecule has 3 rings (SSSR count). The molecule has 1 aromatic heterocycles. The number of ketones is 1. The van der Waals surface area contributed by atoms with Gasteiger partial charge >= 0.3 is 0 Å². The van der Waals surface area contributed by atoms with Crippen molar-refractivity contribution in [3.63, 3.8) is 0 Å². The van der Waals surface area contributed by atoms with Gasteiger partial charge in [-0.15, -0.1) is 0 Å². The predicted octanol–water partition coefficient (Wildman–Crippen LogP) is 2.51. The maximum Gasteiger partial charge on any atom is 0.278 e. The van der Waals surface area contributed by atoms with Gasteiger partial charge in [-0.25, -0.2) is 0 Å². The van der Waals surface area contributed by atoms with E-state index in [1.54, 1.807) is 29.9 Å². The molecule has 0 bridgehead atoms. The largest absolute Gasteiger partial charge is 0.294 e. The summed E-state index contributed by atoms with van der Waals surface area (Å²) in [4.78, 5) is 22.8. The van der Waals surface area contributed by atoms with Gasteiger partial charge in [-0.1, -0.05) is 12.1 Å². The third-order valence-corrected chi connectivity index (χ3v) is 3.62. The summed E-state index contributed by atoms with van der Waals surface area (Å²) in [6.07, 6.45) is 2.07. The topological polar surface area (TPSA) is 78.0 Å². The first-order chi connectivity index (χ1) is 9.59. The maximum absolute atomic E-state index is 12.2. The predicted molar refractivity (Wildman–Crippen MR) is 72.6 cm³/mol. The van der Waals surface area contributed by atoms with Crippen LogP contribution in [0.3, 0.4) is 0 Å². The van der Waals surface area contributed by atoms with Crippen molar-refractivity contribution in [2.75, 3.05) is 0 Å². The van der Waals surface area contributed by atoms with Crippen molar-refractivity contribution >= 4 is 11.5 Å². The number of carbonyl (C=O) groups excluding carboxylic acids is 1. The highest BCUT2D eigenvalue weighted by Crippen LogP contribution is 2.35. The summed E-state index contributed by atoms with van der Waals surface area (Å²) in [5.41, 5.74) is 2.23. The number of hydrogen-bond acceptors (Lipinski definition) is 4. The van der Waals surface area contributed by atoms with Crippen molar-refractivity contribution in [3.8, 4) is 11.3 Å². The standard InChI is InChI=1S/C14H13N3O3/c1-16-11-7-4-8-12(18)13(11)14(15-16)9-5-2-3-6-10(9)17(19)20/h2-3,5-6H,4,7-8H2,1H3. The molecular weight excluding hydrogens is 258 g/mol. The first-order valence-electron chi connectivity index (χ1n) is 6.42. The lowest BCUT2D eigenvalue weighted by Crippen LogP contribution is -2.12. The Kier molecular flexibility index (Phi) is 2.85. The number of nitrogens with zero attached hydrogens (tertiary/aromatic N) is 3. The summed E-state index contributed by atoms with van der Waals surface area (Å²) in [5, 5.41) is 15.5. The van der Waals surface area contributed by atoms with E-state index < -0.39 is 4.92 Å².